The first kappa shape index (κ1) is 26.0. The molecule has 2 fully saturated rings. The minimum absolute atomic E-state index is 0.0875. The average Bonchev–Trinajstić information content (AvgIpc) is 2.90. The number of likely N-dealkylation sites (tertiary alicyclic amines) is 1. The number of carbonyl (C=O) groups is 2. The molecule has 38 heavy (non-hydrogen) atoms. The Morgan fingerprint density at radius 2 is 1.68 bits per heavy atom. The molecule has 2 aliphatic heterocycles. The number of halogens is 4. The van der Waals surface area contributed by atoms with Crippen molar-refractivity contribution in [2.24, 2.45) is 0 Å². The van der Waals surface area contributed by atoms with Crippen molar-refractivity contribution in [2.75, 3.05) is 26.7 Å². The molecule has 3 aromatic carbocycles. The van der Waals surface area contributed by atoms with Gasteiger partial charge in [-0.3, -0.25) is 4.79 Å². The number of nitrogens with one attached hydrogen (secondary N) is 1. The lowest BCUT2D eigenvalue weighted by atomic mass is 9.74. The number of benzene rings is 3. The van der Waals surface area contributed by atoms with Crippen LogP contribution in [0.3, 0.4) is 0 Å². The quantitative estimate of drug-likeness (QED) is 0.467. The zero-order chi connectivity index (χ0) is 27.1. The number of ether oxygens (including phenoxy) is 2. The topological polar surface area (TPSA) is 67.9 Å². The Hall–Kier alpha value is -3.66. The third-order valence-corrected chi connectivity index (χ3v) is 7.73. The fourth-order valence-electron chi connectivity index (χ4n) is 5.78. The van der Waals surface area contributed by atoms with Gasteiger partial charge in [-0.1, -0.05) is 54.6 Å². The number of nitrogens with zero attached hydrogens (tertiary/aromatic N) is 1. The Labute approximate surface area is 216 Å². The van der Waals surface area contributed by atoms with Crippen molar-refractivity contribution in [1.29, 1.82) is 0 Å². The van der Waals surface area contributed by atoms with Crippen LogP contribution in [0.1, 0.15) is 29.9 Å². The van der Waals surface area contributed by atoms with Crippen molar-refractivity contribution < 1.29 is 36.6 Å². The molecule has 1 spiro atoms. The lowest BCUT2D eigenvalue weighted by molar-refractivity contribution is -0.270. The summed E-state index contributed by atoms with van der Waals surface area (Å²) >= 11 is 0. The van der Waals surface area contributed by atoms with E-state index in [2.05, 4.69) is 5.32 Å². The molecule has 10 heteroatoms. The second kappa shape index (κ2) is 9.58. The zero-order valence-corrected chi connectivity index (χ0v) is 20.6. The summed E-state index contributed by atoms with van der Waals surface area (Å²) in [6.45, 7) is 0.0461. The van der Waals surface area contributed by atoms with Crippen LogP contribution < -0.4 is 5.32 Å². The molecular formula is C28H26F4N2O4. The zero-order valence-electron chi connectivity index (χ0n) is 20.6. The first-order valence-corrected chi connectivity index (χ1v) is 12.2. The van der Waals surface area contributed by atoms with E-state index in [1.807, 2.05) is 0 Å². The molecule has 3 aromatic rings. The van der Waals surface area contributed by atoms with E-state index in [9.17, 15) is 27.2 Å². The first-order chi connectivity index (χ1) is 18.1. The molecule has 5 rings (SSSR count). The average molecular weight is 531 g/mol. The van der Waals surface area contributed by atoms with E-state index in [4.69, 9.17) is 9.47 Å². The summed E-state index contributed by atoms with van der Waals surface area (Å²) in [6, 6.07) is 16.7. The van der Waals surface area contributed by atoms with E-state index in [0.717, 1.165) is 17.6 Å². The molecule has 1 N–H and O–H groups in total. The molecule has 2 atom stereocenters. The Balaban J connectivity index is 1.48. The standard InChI is InChI=1S/C28H26F4N2O4/c1-37-27(28(30,31)32,22-8-4-6-18-5-2-3-7-21(18)22)24(35)34-15-13-26(14-16-34)23(17-33-25(36)38-26)19-9-11-20(29)12-10-19/h2-12,23H,13-17H2,1H3,(H,33,36)/t23-,27+/m0/s1. The van der Waals surface area contributed by atoms with Gasteiger partial charge in [0.2, 0.25) is 0 Å². The van der Waals surface area contributed by atoms with Crippen LogP contribution in [-0.4, -0.2) is 55.4 Å². The number of rotatable bonds is 4. The molecule has 0 aliphatic carbocycles. The number of alkyl halides is 3. The van der Waals surface area contributed by atoms with Gasteiger partial charge in [0.1, 0.15) is 11.4 Å². The van der Waals surface area contributed by atoms with Gasteiger partial charge in [0.05, 0.1) is 0 Å². The second-order valence-electron chi connectivity index (χ2n) is 9.64. The highest BCUT2D eigenvalue weighted by atomic mass is 19.4. The summed E-state index contributed by atoms with van der Waals surface area (Å²) in [6.07, 6.45) is -5.47. The van der Waals surface area contributed by atoms with Gasteiger partial charge in [-0.2, -0.15) is 13.2 Å². The summed E-state index contributed by atoms with van der Waals surface area (Å²) < 4.78 is 68.9. The molecule has 0 unspecified atom stereocenters. The number of hydrogen-bond acceptors (Lipinski definition) is 4. The third kappa shape index (κ3) is 4.16. The summed E-state index contributed by atoms with van der Waals surface area (Å²) in [4.78, 5) is 27.1. The molecule has 2 heterocycles. The molecule has 0 bridgehead atoms. The van der Waals surface area contributed by atoms with Crippen LogP contribution in [0.15, 0.2) is 66.7 Å². The van der Waals surface area contributed by atoms with E-state index in [-0.39, 0.29) is 49.3 Å². The number of alkyl carbamates (subject to hydrolysis) is 1. The maximum atomic E-state index is 14.8. The highest BCUT2D eigenvalue weighted by Gasteiger charge is 2.65. The molecule has 2 saturated heterocycles. The highest BCUT2D eigenvalue weighted by Crippen LogP contribution is 2.48. The van der Waals surface area contributed by atoms with Crippen molar-refractivity contribution in [3.8, 4) is 0 Å². The third-order valence-electron chi connectivity index (χ3n) is 7.73. The number of methoxy groups -OCH3 is 1. The smallest absolute Gasteiger partial charge is 0.431 e. The summed E-state index contributed by atoms with van der Waals surface area (Å²) in [5.74, 6) is -2.01. The Bertz CT molecular complexity index is 1350. The number of fused-ring (bicyclic) bond motifs is 1. The van der Waals surface area contributed by atoms with E-state index in [0.29, 0.717) is 5.39 Å². The van der Waals surface area contributed by atoms with Crippen molar-refractivity contribution in [3.05, 3.63) is 83.7 Å². The minimum atomic E-state index is -5.06. The van der Waals surface area contributed by atoms with Gasteiger partial charge in [-0.05, 0) is 28.5 Å². The largest absolute Gasteiger partial charge is 0.442 e. The van der Waals surface area contributed by atoms with Crippen LogP contribution >= 0.6 is 0 Å². The van der Waals surface area contributed by atoms with Gasteiger partial charge in [0.15, 0.2) is 0 Å². The monoisotopic (exact) mass is 530 g/mol. The number of piperidine rings is 1. The van der Waals surface area contributed by atoms with Crippen molar-refractivity contribution in [3.63, 3.8) is 0 Å². The van der Waals surface area contributed by atoms with Crippen LogP contribution in [0.2, 0.25) is 0 Å². The number of carbonyl (C=O) groups excluding carboxylic acids is 2. The SMILES string of the molecule is CO[C@@](C(=O)N1CCC2(CC1)OC(=O)NC[C@H]2c1ccc(F)cc1)(c1cccc2ccccc12)C(F)(F)F. The summed E-state index contributed by atoms with van der Waals surface area (Å²) in [5, 5.41) is 3.45. The highest BCUT2D eigenvalue weighted by molar-refractivity contribution is 5.95. The summed E-state index contributed by atoms with van der Waals surface area (Å²) in [5.41, 5.74) is -3.83. The van der Waals surface area contributed by atoms with Crippen molar-refractivity contribution >= 4 is 22.8 Å². The van der Waals surface area contributed by atoms with Crippen LogP contribution in [0, 0.1) is 5.82 Å². The molecule has 6 nitrogen and oxygen atoms in total. The van der Waals surface area contributed by atoms with Gasteiger partial charge in [0, 0.05) is 51.1 Å². The molecule has 0 aromatic heterocycles. The maximum absolute atomic E-state index is 14.8. The van der Waals surface area contributed by atoms with Gasteiger partial charge in [-0.25, -0.2) is 9.18 Å². The second-order valence-corrected chi connectivity index (χ2v) is 9.64. The van der Waals surface area contributed by atoms with E-state index in [1.165, 1.54) is 30.3 Å². The van der Waals surface area contributed by atoms with Gasteiger partial charge in [0.25, 0.3) is 11.5 Å². The van der Waals surface area contributed by atoms with Crippen LogP contribution in [0.4, 0.5) is 22.4 Å². The molecular weight excluding hydrogens is 504 g/mol. The number of hydrogen-bond donors (Lipinski definition) is 1. The Morgan fingerprint density at radius 1 is 1.03 bits per heavy atom. The van der Waals surface area contributed by atoms with Gasteiger partial charge in [-0.15, -0.1) is 0 Å². The van der Waals surface area contributed by atoms with Crippen molar-refractivity contribution in [1.82, 2.24) is 10.2 Å². The minimum Gasteiger partial charge on any atom is -0.442 e. The Morgan fingerprint density at radius 3 is 2.34 bits per heavy atom. The van der Waals surface area contributed by atoms with Crippen LogP contribution in [-0.2, 0) is 19.9 Å². The lowest BCUT2D eigenvalue weighted by Crippen LogP contribution is -2.62. The lowest BCUT2D eigenvalue weighted by Gasteiger charge is -2.49. The fraction of sp³-hybridized carbons (Fsp3) is 0.357. The van der Waals surface area contributed by atoms with Crippen LogP contribution in [0.25, 0.3) is 10.8 Å². The predicted octanol–water partition coefficient (Wildman–Crippen LogP) is 5.27. The van der Waals surface area contributed by atoms with E-state index in [1.54, 1.807) is 36.4 Å². The van der Waals surface area contributed by atoms with Crippen LogP contribution in [0.5, 0.6) is 0 Å². The molecule has 0 radical (unpaired) electrons. The molecule has 0 saturated carbocycles. The normalized spacial score (nSPS) is 21.0. The van der Waals surface area contributed by atoms with E-state index >= 15 is 0 Å². The molecule has 200 valence electrons. The van der Waals surface area contributed by atoms with Gasteiger partial charge < -0.3 is 19.7 Å². The molecule has 2 aliphatic rings. The van der Waals surface area contributed by atoms with Crippen molar-refractivity contribution in [2.45, 2.75) is 36.1 Å². The van der Waals surface area contributed by atoms with E-state index < -0.39 is 35.2 Å². The molecule has 2 amide bonds. The maximum Gasteiger partial charge on any atom is 0.431 e. The summed E-state index contributed by atoms with van der Waals surface area (Å²) in [7, 11) is 0.887. The number of amides is 2. The first-order valence-electron chi connectivity index (χ1n) is 12.2. The van der Waals surface area contributed by atoms with Gasteiger partial charge >= 0.3 is 12.3 Å². The fourth-order valence-corrected chi connectivity index (χ4v) is 5.78. The Kier molecular flexibility index (Phi) is 6.54. The predicted molar refractivity (Wildman–Crippen MR) is 131 cm³/mol.